The van der Waals surface area contributed by atoms with Crippen LogP contribution in [0.4, 0.5) is 0 Å². The Kier molecular flexibility index (Phi) is 2.92. The zero-order valence-corrected chi connectivity index (χ0v) is 10.2. The molecule has 1 atom stereocenters. The van der Waals surface area contributed by atoms with E-state index >= 15 is 0 Å². The molecule has 0 amide bonds. The Hall–Kier alpha value is -1.24. The molecule has 3 heterocycles. The average Bonchev–Trinajstić information content (AvgIpc) is 3.00. The molecule has 1 aliphatic heterocycles. The fourth-order valence-corrected chi connectivity index (χ4v) is 2.66. The Labute approximate surface area is 103 Å². The molecule has 0 aliphatic carbocycles. The van der Waals surface area contributed by atoms with Gasteiger partial charge in [-0.05, 0) is 17.9 Å². The number of thiophene rings is 1. The molecular weight excluding hydrogens is 236 g/mol. The summed E-state index contributed by atoms with van der Waals surface area (Å²) in [6.45, 7) is 2.63. The maximum absolute atomic E-state index is 5.85. The summed E-state index contributed by atoms with van der Waals surface area (Å²) in [6, 6.07) is 4.24. The van der Waals surface area contributed by atoms with Gasteiger partial charge in [0.1, 0.15) is 0 Å². The highest BCUT2D eigenvalue weighted by Gasteiger charge is 2.21. The van der Waals surface area contributed by atoms with Gasteiger partial charge in [0.15, 0.2) is 0 Å². The fraction of sp³-hybridized carbons (Fsp3) is 0.455. The second-order valence-corrected chi connectivity index (χ2v) is 5.21. The SMILES string of the molecule is N[C@@H]1CCN(Cc2nnc(-c3cccs3)o2)C1. The van der Waals surface area contributed by atoms with E-state index in [1.807, 2.05) is 17.5 Å². The molecule has 0 bridgehead atoms. The van der Waals surface area contributed by atoms with Crippen LogP contribution in [0.5, 0.6) is 0 Å². The molecule has 90 valence electrons. The molecule has 0 aromatic carbocycles. The molecule has 1 aliphatic rings. The van der Waals surface area contributed by atoms with Crippen molar-refractivity contribution in [3.05, 3.63) is 23.4 Å². The molecule has 2 aromatic rings. The molecule has 3 rings (SSSR count). The van der Waals surface area contributed by atoms with E-state index in [1.54, 1.807) is 11.3 Å². The van der Waals surface area contributed by atoms with Gasteiger partial charge in [-0.25, -0.2) is 0 Å². The number of hydrogen-bond donors (Lipinski definition) is 1. The summed E-state index contributed by atoms with van der Waals surface area (Å²) in [6.07, 6.45) is 1.05. The van der Waals surface area contributed by atoms with Crippen molar-refractivity contribution in [2.75, 3.05) is 13.1 Å². The molecule has 0 unspecified atom stereocenters. The molecule has 0 spiro atoms. The first kappa shape index (κ1) is 10.9. The van der Waals surface area contributed by atoms with Crippen LogP contribution in [0.3, 0.4) is 0 Å². The average molecular weight is 250 g/mol. The molecule has 2 aromatic heterocycles. The zero-order chi connectivity index (χ0) is 11.7. The first-order chi connectivity index (χ1) is 8.31. The van der Waals surface area contributed by atoms with Crippen molar-refractivity contribution in [1.82, 2.24) is 15.1 Å². The molecule has 17 heavy (non-hydrogen) atoms. The van der Waals surface area contributed by atoms with Gasteiger partial charge >= 0.3 is 0 Å². The summed E-state index contributed by atoms with van der Waals surface area (Å²) in [4.78, 5) is 3.26. The lowest BCUT2D eigenvalue weighted by atomic mass is 10.3. The highest BCUT2D eigenvalue weighted by Crippen LogP contribution is 2.23. The second-order valence-electron chi connectivity index (χ2n) is 4.26. The van der Waals surface area contributed by atoms with Crippen molar-refractivity contribution < 1.29 is 4.42 Å². The molecule has 2 N–H and O–H groups in total. The first-order valence-corrected chi connectivity index (χ1v) is 6.53. The molecule has 1 saturated heterocycles. The lowest BCUT2D eigenvalue weighted by Crippen LogP contribution is -2.26. The summed E-state index contributed by atoms with van der Waals surface area (Å²) in [5.41, 5.74) is 5.85. The van der Waals surface area contributed by atoms with Gasteiger partial charge in [0, 0.05) is 19.1 Å². The van der Waals surface area contributed by atoms with E-state index in [-0.39, 0.29) is 6.04 Å². The molecular formula is C11H14N4OS. The van der Waals surface area contributed by atoms with Gasteiger partial charge in [0.25, 0.3) is 5.89 Å². The molecule has 6 heteroatoms. The van der Waals surface area contributed by atoms with E-state index in [9.17, 15) is 0 Å². The van der Waals surface area contributed by atoms with E-state index in [1.165, 1.54) is 0 Å². The van der Waals surface area contributed by atoms with Gasteiger partial charge in [-0.2, -0.15) is 0 Å². The van der Waals surface area contributed by atoms with Crippen molar-refractivity contribution >= 4 is 11.3 Å². The fourth-order valence-electron chi connectivity index (χ4n) is 2.01. The third-order valence-corrected chi connectivity index (χ3v) is 3.72. The highest BCUT2D eigenvalue weighted by molar-refractivity contribution is 7.13. The smallest absolute Gasteiger partial charge is 0.257 e. The molecule has 0 radical (unpaired) electrons. The number of aromatic nitrogens is 2. The summed E-state index contributed by atoms with van der Waals surface area (Å²) in [5.74, 6) is 1.28. The molecule has 0 saturated carbocycles. The predicted octanol–water partition coefficient (Wildman–Crippen LogP) is 1.33. The van der Waals surface area contributed by atoms with E-state index in [2.05, 4.69) is 15.1 Å². The Morgan fingerprint density at radius 1 is 1.53 bits per heavy atom. The van der Waals surface area contributed by atoms with Crippen molar-refractivity contribution in [2.24, 2.45) is 5.73 Å². The minimum Gasteiger partial charge on any atom is -0.419 e. The predicted molar refractivity (Wildman–Crippen MR) is 65.5 cm³/mol. The lowest BCUT2D eigenvalue weighted by Gasteiger charge is -2.11. The van der Waals surface area contributed by atoms with Gasteiger partial charge in [-0.3, -0.25) is 4.90 Å². The first-order valence-electron chi connectivity index (χ1n) is 5.65. The van der Waals surface area contributed by atoms with Crippen LogP contribution in [-0.2, 0) is 6.54 Å². The number of hydrogen-bond acceptors (Lipinski definition) is 6. The van der Waals surface area contributed by atoms with Crippen LogP contribution in [0.25, 0.3) is 10.8 Å². The molecule has 1 fully saturated rings. The Morgan fingerprint density at radius 3 is 3.18 bits per heavy atom. The van der Waals surface area contributed by atoms with E-state index < -0.39 is 0 Å². The maximum atomic E-state index is 5.85. The number of nitrogens with two attached hydrogens (primary N) is 1. The van der Waals surface area contributed by atoms with Crippen LogP contribution < -0.4 is 5.73 Å². The van der Waals surface area contributed by atoms with Gasteiger partial charge in [-0.1, -0.05) is 6.07 Å². The standard InChI is InChI=1S/C11H14N4OS/c12-8-3-4-15(6-8)7-10-13-14-11(16-10)9-2-1-5-17-9/h1-2,5,8H,3-4,6-7,12H2/t8-/m1/s1. The van der Waals surface area contributed by atoms with Crippen LogP contribution in [-0.4, -0.2) is 34.2 Å². The van der Waals surface area contributed by atoms with Gasteiger partial charge in [0.05, 0.1) is 11.4 Å². The van der Waals surface area contributed by atoms with Crippen molar-refractivity contribution in [2.45, 2.75) is 19.0 Å². The molecule has 5 nitrogen and oxygen atoms in total. The van der Waals surface area contributed by atoms with E-state index in [0.717, 1.165) is 24.4 Å². The number of nitrogens with zero attached hydrogens (tertiary/aromatic N) is 3. The minimum absolute atomic E-state index is 0.287. The number of rotatable bonds is 3. The second kappa shape index (κ2) is 4.56. The van der Waals surface area contributed by atoms with Crippen LogP contribution in [0.1, 0.15) is 12.3 Å². The minimum atomic E-state index is 0.287. The Bertz CT molecular complexity index is 481. The van der Waals surface area contributed by atoms with E-state index in [0.29, 0.717) is 18.3 Å². The highest BCUT2D eigenvalue weighted by atomic mass is 32.1. The Balaban J connectivity index is 1.69. The van der Waals surface area contributed by atoms with Gasteiger partial charge < -0.3 is 10.2 Å². The largest absolute Gasteiger partial charge is 0.419 e. The van der Waals surface area contributed by atoms with Crippen molar-refractivity contribution in [1.29, 1.82) is 0 Å². The van der Waals surface area contributed by atoms with Crippen LogP contribution >= 0.6 is 11.3 Å². The summed E-state index contributed by atoms with van der Waals surface area (Å²) in [5, 5.41) is 10.1. The van der Waals surface area contributed by atoms with Crippen LogP contribution in [0.15, 0.2) is 21.9 Å². The number of likely N-dealkylation sites (tertiary alicyclic amines) is 1. The van der Waals surface area contributed by atoms with Gasteiger partial charge in [-0.15, -0.1) is 21.5 Å². The van der Waals surface area contributed by atoms with Crippen LogP contribution in [0.2, 0.25) is 0 Å². The third-order valence-electron chi connectivity index (χ3n) is 2.87. The summed E-state index contributed by atoms with van der Waals surface area (Å²) in [7, 11) is 0. The zero-order valence-electron chi connectivity index (χ0n) is 9.37. The van der Waals surface area contributed by atoms with E-state index in [4.69, 9.17) is 10.2 Å². The third kappa shape index (κ3) is 2.38. The quantitative estimate of drug-likeness (QED) is 0.890. The Morgan fingerprint density at radius 2 is 2.47 bits per heavy atom. The van der Waals surface area contributed by atoms with Crippen molar-refractivity contribution in [3.63, 3.8) is 0 Å². The maximum Gasteiger partial charge on any atom is 0.257 e. The van der Waals surface area contributed by atoms with Crippen LogP contribution in [0, 0.1) is 0 Å². The van der Waals surface area contributed by atoms with Gasteiger partial charge in [0.2, 0.25) is 5.89 Å². The lowest BCUT2D eigenvalue weighted by molar-refractivity contribution is 0.289. The van der Waals surface area contributed by atoms with Crippen molar-refractivity contribution in [3.8, 4) is 10.8 Å². The summed E-state index contributed by atoms with van der Waals surface area (Å²) < 4.78 is 5.63. The monoisotopic (exact) mass is 250 g/mol. The topological polar surface area (TPSA) is 68.2 Å². The normalized spacial score (nSPS) is 21.1. The summed E-state index contributed by atoms with van der Waals surface area (Å²) >= 11 is 1.60.